The summed E-state index contributed by atoms with van der Waals surface area (Å²) in [6, 6.07) is 5.51. The number of carbonyl (C=O) groups excluding carboxylic acids is 3. The van der Waals surface area contributed by atoms with Gasteiger partial charge in [-0.3, -0.25) is 14.4 Å². The molecule has 288 valence electrons. The highest BCUT2D eigenvalue weighted by atomic mass is 16.2. The van der Waals surface area contributed by atoms with Crippen molar-refractivity contribution >= 4 is 17.7 Å². The lowest BCUT2D eigenvalue weighted by atomic mass is 9.68. The zero-order chi connectivity index (χ0) is 37.2. The second-order valence-electron chi connectivity index (χ2n) is 17.0. The Morgan fingerprint density at radius 3 is 0.863 bits per heavy atom. The van der Waals surface area contributed by atoms with E-state index in [1.807, 2.05) is 0 Å². The van der Waals surface area contributed by atoms with Crippen molar-refractivity contribution in [1.82, 2.24) is 16.0 Å². The highest BCUT2D eigenvalue weighted by molar-refractivity contribution is 6.04. The first-order chi connectivity index (χ1) is 24.6. The van der Waals surface area contributed by atoms with Crippen LogP contribution in [0.3, 0.4) is 0 Å². The molecule has 3 fully saturated rings. The molecule has 4 rings (SSSR count). The number of carbonyl (C=O) groups is 3. The van der Waals surface area contributed by atoms with Crippen LogP contribution >= 0.6 is 0 Å². The van der Waals surface area contributed by atoms with Crippen LogP contribution in [0.15, 0.2) is 18.2 Å². The second-order valence-corrected chi connectivity index (χ2v) is 17.0. The molecule has 3 N–H and O–H groups in total. The number of hydrogen-bond acceptors (Lipinski definition) is 3. The molecule has 51 heavy (non-hydrogen) atoms. The van der Waals surface area contributed by atoms with E-state index in [2.05, 4.69) is 78.3 Å². The van der Waals surface area contributed by atoms with Crippen molar-refractivity contribution in [1.29, 1.82) is 0 Å². The predicted octanol–water partition coefficient (Wildman–Crippen LogP) is 10.6. The monoisotopic (exact) mass is 706 g/mol. The van der Waals surface area contributed by atoms with Gasteiger partial charge in [-0.2, -0.15) is 0 Å². The Hall–Kier alpha value is -2.37. The maximum Gasteiger partial charge on any atom is 0.251 e. The molecule has 6 nitrogen and oxygen atoms in total. The molecule has 12 unspecified atom stereocenters. The summed E-state index contributed by atoms with van der Waals surface area (Å²) >= 11 is 0. The first kappa shape index (κ1) is 41.4. The Morgan fingerprint density at radius 2 is 0.667 bits per heavy atom. The van der Waals surface area contributed by atoms with Gasteiger partial charge in [0.15, 0.2) is 0 Å². The van der Waals surface area contributed by atoms with Crippen LogP contribution in [0, 0.1) is 53.3 Å². The van der Waals surface area contributed by atoms with Gasteiger partial charge in [0.05, 0.1) is 0 Å². The number of hydrogen-bond donors (Lipinski definition) is 3. The molecule has 6 heteroatoms. The lowest BCUT2D eigenvalue weighted by Gasteiger charge is -2.42. The third-order valence-electron chi connectivity index (χ3n) is 14.4. The number of benzene rings is 1. The lowest BCUT2D eigenvalue weighted by Crippen LogP contribution is -2.48. The van der Waals surface area contributed by atoms with E-state index in [0.29, 0.717) is 70.0 Å². The zero-order valence-corrected chi connectivity index (χ0v) is 34.0. The summed E-state index contributed by atoms with van der Waals surface area (Å²) in [6.07, 6.45) is 16.5. The van der Waals surface area contributed by atoms with Gasteiger partial charge in [0, 0.05) is 34.8 Å². The first-order valence-corrected chi connectivity index (χ1v) is 21.6. The summed E-state index contributed by atoms with van der Waals surface area (Å²) in [7, 11) is 0. The van der Waals surface area contributed by atoms with Gasteiger partial charge >= 0.3 is 0 Å². The first-order valence-electron chi connectivity index (χ1n) is 21.6. The number of amides is 3. The van der Waals surface area contributed by atoms with E-state index < -0.39 is 0 Å². The van der Waals surface area contributed by atoms with Gasteiger partial charge in [-0.1, -0.05) is 120 Å². The summed E-state index contributed by atoms with van der Waals surface area (Å²) in [5, 5.41) is 10.3. The SMILES string of the molecule is CCC1CC(CC)C(CC)C(NC(=O)c2cc(C(=O)NC3CC(CC)CC(CC)C3CC)cc(C(=O)NC3CC(CC)CC(CC)C3CC)c2)C1. The number of rotatable bonds is 15. The van der Waals surface area contributed by atoms with Gasteiger partial charge in [-0.15, -0.1) is 0 Å². The Kier molecular flexibility index (Phi) is 15.9. The smallest absolute Gasteiger partial charge is 0.251 e. The van der Waals surface area contributed by atoms with Crippen molar-refractivity contribution in [3.05, 3.63) is 34.9 Å². The fourth-order valence-electron chi connectivity index (χ4n) is 11.2. The molecule has 0 radical (unpaired) electrons. The van der Waals surface area contributed by atoms with Crippen LogP contribution in [0.4, 0.5) is 0 Å². The quantitative estimate of drug-likeness (QED) is 0.170. The van der Waals surface area contributed by atoms with Crippen LogP contribution in [-0.4, -0.2) is 35.8 Å². The van der Waals surface area contributed by atoms with Gasteiger partial charge in [-0.05, 0) is 110 Å². The molecular formula is C45H75N3O3. The minimum atomic E-state index is -0.170. The Morgan fingerprint density at radius 1 is 0.412 bits per heavy atom. The van der Waals surface area contributed by atoms with Crippen molar-refractivity contribution < 1.29 is 14.4 Å². The number of nitrogens with one attached hydrogen (secondary N) is 3. The van der Waals surface area contributed by atoms with E-state index in [4.69, 9.17) is 0 Å². The summed E-state index contributed by atoms with van der Waals surface area (Å²) in [4.78, 5) is 42.7. The molecule has 3 aliphatic carbocycles. The van der Waals surface area contributed by atoms with Crippen LogP contribution in [-0.2, 0) is 0 Å². The van der Waals surface area contributed by atoms with E-state index in [1.165, 1.54) is 19.3 Å². The molecule has 12 atom stereocenters. The Bertz CT molecular complexity index is 1110. The molecule has 0 aliphatic heterocycles. The third-order valence-corrected chi connectivity index (χ3v) is 14.4. The van der Waals surface area contributed by atoms with Crippen LogP contribution < -0.4 is 16.0 Å². The van der Waals surface area contributed by atoms with Crippen LogP contribution in [0.25, 0.3) is 0 Å². The predicted molar refractivity (Wildman–Crippen MR) is 212 cm³/mol. The molecular weight excluding hydrogens is 631 g/mol. The third kappa shape index (κ3) is 9.99. The van der Waals surface area contributed by atoms with Crippen molar-refractivity contribution in [2.45, 2.75) is 177 Å². The Balaban J connectivity index is 1.67. The van der Waals surface area contributed by atoms with Crippen molar-refractivity contribution in [3.8, 4) is 0 Å². The van der Waals surface area contributed by atoms with E-state index in [-0.39, 0.29) is 35.8 Å². The largest absolute Gasteiger partial charge is 0.349 e. The standard InChI is InChI=1S/C45H75N3O3/c1-10-28-19-31(13-4)37(16-7)40(22-28)46-43(49)34-25-35(44(50)47-41-23-29(11-2)20-32(14-5)38(41)17-8)27-36(26-34)45(51)48-42-24-30(12-3)21-33(15-6)39(42)18-9/h25-33,37-42H,10-24H2,1-9H3,(H,46,49)(H,47,50)(H,48,51). The topological polar surface area (TPSA) is 87.3 Å². The van der Waals surface area contributed by atoms with Crippen LogP contribution in [0.1, 0.15) is 190 Å². The van der Waals surface area contributed by atoms with Gasteiger partial charge in [-0.25, -0.2) is 0 Å². The highest BCUT2D eigenvalue weighted by Crippen LogP contribution is 2.42. The molecule has 0 bridgehead atoms. The second kappa shape index (κ2) is 19.6. The molecule has 0 spiro atoms. The molecule has 3 amide bonds. The molecule has 3 saturated carbocycles. The minimum Gasteiger partial charge on any atom is -0.349 e. The van der Waals surface area contributed by atoms with Crippen molar-refractivity contribution in [2.75, 3.05) is 0 Å². The summed E-state index contributed by atoms with van der Waals surface area (Å²) in [5.74, 6) is 4.38. The van der Waals surface area contributed by atoms with E-state index >= 15 is 0 Å². The Labute approximate surface area is 312 Å². The molecule has 1 aromatic rings. The highest BCUT2D eigenvalue weighted by Gasteiger charge is 2.39. The van der Waals surface area contributed by atoms with Crippen molar-refractivity contribution in [2.24, 2.45) is 53.3 Å². The van der Waals surface area contributed by atoms with Crippen molar-refractivity contribution in [3.63, 3.8) is 0 Å². The lowest BCUT2D eigenvalue weighted by molar-refractivity contribution is 0.0803. The maximum absolute atomic E-state index is 14.2. The summed E-state index contributed by atoms with van der Waals surface area (Å²) in [6.45, 7) is 20.3. The average Bonchev–Trinajstić information content (AvgIpc) is 3.16. The minimum absolute atomic E-state index is 0.0925. The maximum atomic E-state index is 14.2. The fraction of sp³-hybridized carbons (Fsp3) is 0.800. The normalized spacial score (nSPS) is 34.1. The van der Waals surface area contributed by atoms with Crippen LogP contribution in [0.5, 0.6) is 0 Å². The molecule has 1 aromatic carbocycles. The van der Waals surface area contributed by atoms with Gasteiger partial charge in [0.25, 0.3) is 17.7 Å². The molecule has 3 aliphatic rings. The fourth-order valence-corrected chi connectivity index (χ4v) is 11.2. The van der Waals surface area contributed by atoms with E-state index in [1.54, 1.807) is 18.2 Å². The zero-order valence-electron chi connectivity index (χ0n) is 34.0. The van der Waals surface area contributed by atoms with Crippen LogP contribution in [0.2, 0.25) is 0 Å². The average molecular weight is 706 g/mol. The molecule has 0 aromatic heterocycles. The molecule has 0 heterocycles. The van der Waals surface area contributed by atoms with Gasteiger partial charge in [0.1, 0.15) is 0 Å². The summed E-state index contributed by atoms with van der Waals surface area (Å²) < 4.78 is 0. The van der Waals surface area contributed by atoms with Gasteiger partial charge < -0.3 is 16.0 Å². The van der Waals surface area contributed by atoms with E-state index in [9.17, 15) is 14.4 Å². The van der Waals surface area contributed by atoms with E-state index in [0.717, 1.165) is 77.0 Å². The summed E-state index contributed by atoms with van der Waals surface area (Å²) in [5.41, 5.74) is 1.24. The van der Waals surface area contributed by atoms with Gasteiger partial charge in [0.2, 0.25) is 0 Å². The molecule has 0 saturated heterocycles.